The maximum absolute atomic E-state index is 12.4. The van der Waals surface area contributed by atoms with Gasteiger partial charge in [0.25, 0.3) is 0 Å². The first-order valence-electron chi connectivity index (χ1n) is 9.19. The summed E-state index contributed by atoms with van der Waals surface area (Å²) in [5.41, 5.74) is 2.01. The van der Waals surface area contributed by atoms with E-state index in [4.69, 9.17) is 11.6 Å². The standard InChI is InChI=1S/C20H26ClN5O/c1-25(2)19-15(7-5-11-22-19)13-23-20(27)24-16-8-6-12-26(14-16)18-10-4-3-9-17(18)21/h3-5,7,9-11,16H,6,8,12-14H2,1-2H3,(H2,23,24,27). The number of rotatable bonds is 5. The zero-order chi connectivity index (χ0) is 19.2. The second kappa shape index (κ2) is 8.95. The average Bonchev–Trinajstić information content (AvgIpc) is 2.67. The largest absolute Gasteiger partial charge is 0.368 e. The van der Waals surface area contributed by atoms with Crippen LogP contribution in [-0.2, 0) is 6.54 Å². The van der Waals surface area contributed by atoms with E-state index >= 15 is 0 Å². The van der Waals surface area contributed by atoms with E-state index in [2.05, 4.69) is 20.5 Å². The predicted octanol–water partition coefficient (Wildman–Crippen LogP) is 3.27. The molecule has 7 heteroatoms. The van der Waals surface area contributed by atoms with Crippen LogP contribution in [0.4, 0.5) is 16.3 Å². The second-order valence-electron chi connectivity index (χ2n) is 6.94. The molecule has 1 unspecified atom stereocenters. The van der Waals surface area contributed by atoms with Crippen LogP contribution in [0.15, 0.2) is 42.6 Å². The van der Waals surface area contributed by atoms with Gasteiger partial charge in [-0.25, -0.2) is 9.78 Å². The first-order valence-corrected chi connectivity index (χ1v) is 9.57. The number of carbonyl (C=O) groups is 1. The quantitative estimate of drug-likeness (QED) is 0.826. The Morgan fingerprint density at radius 1 is 1.30 bits per heavy atom. The lowest BCUT2D eigenvalue weighted by atomic mass is 10.0. The second-order valence-corrected chi connectivity index (χ2v) is 7.35. The fraction of sp³-hybridized carbons (Fsp3) is 0.400. The summed E-state index contributed by atoms with van der Waals surface area (Å²) in [6, 6.07) is 11.6. The molecule has 0 spiro atoms. The molecule has 2 N–H and O–H groups in total. The Balaban J connectivity index is 1.54. The Hall–Kier alpha value is -2.47. The normalized spacial score (nSPS) is 16.7. The molecule has 0 aliphatic carbocycles. The molecule has 1 aliphatic rings. The number of piperidine rings is 1. The maximum atomic E-state index is 12.4. The van der Waals surface area contributed by atoms with Crippen LogP contribution in [0.5, 0.6) is 0 Å². The molecule has 0 radical (unpaired) electrons. The number of urea groups is 1. The number of pyridine rings is 1. The first kappa shape index (κ1) is 19.3. The lowest BCUT2D eigenvalue weighted by molar-refractivity contribution is 0.234. The molecular formula is C20H26ClN5O. The van der Waals surface area contributed by atoms with Crippen LogP contribution in [0.1, 0.15) is 18.4 Å². The molecule has 1 fully saturated rings. The Morgan fingerprint density at radius 2 is 2.11 bits per heavy atom. The van der Waals surface area contributed by atoms with Gasteiger partial charge in [0.05, 0.1) is 10.7 Å². The van der Waals surface area contributed by atoms with Gasteiger partial charge in [-0.1, -0.05) is 29.8 Å². The van der Waals surface area contributed by atoms with Gasteiger partial charge in [-0.05, 0) is 31.0 Å². The number of anilines is 2. The molecule has 6 nitrogen and oxygen atoms in total. The van der Waals surface area contributed by atoms with Crippen LogP contribution in [0.2, 0.25) is 5.02 Å². The van der Waals surface area contributed by atoms with Crippen molar-refractivity contribution >= 4 is 29.1 Å². The number of halogens is 1. The van der Waals surface area contributed by atoms with Gasteiger partial charge in [-0.15, -0.1) is 0 Å². The number of benzene rings is 1. The summed E-state index contributed by atoms with van der Waals surface area (Å²) in [5, 5.41) is 6.78. The molecule has 2 amide bonds. The summed E-state index contributed by atoms with van der Waals surface area (Å²) in [6.07, 6.45) is 3.73. The molecular weight excluding hydrogens is 362 g/mol. The number of aromatic nitrogens is 1. The number of hydrogen-bond donors (Lipinski definition) is 2. The summed E-state index contributed by atoms with van der Waals surface area (Å²) in [5.74, 6) is 0.861. The summed E-state index contributed by atoms with van der Waals surface area (Å²) in [6.45, 7) is 2.15. The zero-order valence-corrected chi connectivity index (χ0v) is 16.5. The van der Waals surface area contributed by atoms with Crippen molar-refractivity contribution in [3.63, 3.8) is 0 Å². The van der Waals surface area contributed by atoms with Gasteiger partial charge in [-0.2, -0.15) is 0 Å². The minimum atomic E-state index is -0.158. The van der Waals surface area contributed by atoms with E-state index in [1.807, 2.05) is 55.4 Å². The lowest BCUT2D eigenvalue weighted by Gasteiger charge is -2.35. The highest BCUT2D eigenvalue weighted by atomic mass is 35.5. The molecule has 2 aromatic rings. The molecule has 1 saturated heterocycles. The highest BCUT2D eigenvalue weighted by Crippen LogP contribution is 2.27. The summed E-state index contributed by atoms with van der Waals surface area (Å²) in [4.78, 5) is 20.9. The highest BCUT2D eigenvalue weighted by molar-refractivity contribution is 6.33. The van der Waals surface area contributed by atoms with Gasteiger partial charge in [0.1, 0.15) is 5.82 Å². The monoisotopic (exact) mass is 387 g/mol. The molecule has 1 aromatic heterocycles. The molecule has 144 valence electrons. The average molecular weight is 388 g/mol. The van der Waals surface area contributed by atoms with Crippen LogP contribution < -0.4 is 20.4 Å². The predicted molar refractivity (Wildman–Crippen MR) is 111 cm³/mol. The van der Waals surface area contributed by atoms with Crippen molar-refractivity contribution in [3.05, 3.63) is 53.2 Å². The fourth-order valence-corrected chi connectivity index (χ4v) is 3.66. The minimum absolute atomic E-state index is 0.0947. The number of para-hydroxylation sites is 1. The van der Waals surface area contributed by atoms with Gasteiger partial charge >= 0.3 is 6.03 Å². The molecule has 0 bridgehead atoms. The number of carbonyl (C=O) groups excluding carboxylic acids is 1. The van der Waals surface area contributed by atoms with Crippen molar-refractivity contribution in [2.24, 2.45) is 0 Å². The molecule has 1 aliphatic heterocycles. The van der Waals surface area contributed by atoms with Gasteiger partial charge < -0.3 is 20.4 Å². The van der Waals surface area contributed by atoms with E-state index in [9.17, 15) is 4.79 Å². The topological polar surface area (TPSA) is 60.5 Å². The Bertz CT molecular complexity index is 782. The lowest BCUT2D eigenvalue weighted by Crippen LogP contribution is -2.50. The number of hydrogen-bond acceptors (Lipinski definition) is 4. The summed E-state index contributed by atoms with van der Waals surface area (Å²) >= 11 is 6.32. The van der Waals surface area contributed by atoms with E-state index in [1.54, 1.807) is 6.20 Å². The van der Waals surface area contributed by atoms with Crippen LogP contribution in [0.25, 0.3) is 0 Å². The Kier molecular flexibility index (Phi) is 6.40. The Labute approximate surface area is 165 Å². The van der Waals surface area contributed by atoms with Crippen molar-refractivity contribution in [3.8, 4) is 0 Å². The van der Waals surface area contributed by atoms with Gasteiger partial charge in [0.2, 0.25) is 0 Å². The van der Waals surface area contributed by atoms with Gasteiger partial charge in [0.15, 0.2) is 0 Å². The minimum Gasteiger partial charge on any atom is -0.368 e. The molecule has 27 heavy (non-hydrogen) atoms. The summed E-state index contributed by atoms with van der Waals surface area (Å²) in [7, 11) is 3.88. The van der Waals surface area contributed by atoms with Crippen LogP contribution in [0.3, 0.4) is 0 Å². The number of amides is 2. The van der Waals surface area contributed by atoms with E-state index < -0.39 is 0 Å². The third-order valence-corrected chi connectivity index (χ3v) is 5.00. The van der Waals surface area contributed by atoms with Crippen LogP contribution in [0, 0.1) is 0 Å². The van der Waals surface area contributed by atoms with Crippen molar-refractivity contribution in [1.29, 1.82) is 0 Å². The molecule has 1 atom stereocenters. The third-order valence-electron chi connectivity index (χ3n) is 4.68. The van der Waals surface area contributed by atoms with Crippen LogP contribution >= 0.6 is 11.6 Å². The van der Waals surface area contributed by atoms with E-state index in [1.165, 1.54) is 0 Å². The maximum Gasteiger partial charge on any atom is 0.315 e. The molecule has 2 heterocycles. The molecule has 0 saturated carbocycles. The van der Waals surface area contributed by atoms with Crippen molar-refractivity contribution in [1.82, 2.24) is 15.6 Å². The summed E-state index contributed by atoms with van der Waals surface area (Å²) < 4.78 is 0. The highest BCUT2D eigenvalue weighted by Gasteiger charge is 2.22. The van der Waals surface area contributed by atoms with Crippen molar-refractivity contribution < 1.29 is 4.79 Å². The van der Waals surface area contributed by atoms with Crippen molar-refractivity contribution in [2.45, 2.75) is 25.4 Å². The van der Waals surface area contributed by atoms with E-state index in [0.717, 1.165) is 48.0 Å². The fourth-order valence-electron chi connectivity index (χ4n) is 3.40. The molecule has 3 rings (SSSR count). The number of nitrogens with zero attached hydrogens (tertiary/aromatic N) is 3. The first-order chi connectivity index (χ1) is 13.0. The van der Waals surface area contributed by atoms with Crippen molar-refractivity contribution in [2.75, 3.05) is 37.0 Å². The molecule has 1 aromatic carbocycles. The van der Waals surface area contributed by atoms with E-state index in [0.29, 0.717) is 6.54 Å². The number of nitrogens with one attached hydrogen (secondary N) is 2. The smallest absolute Gasteiger partial charge is 0.315 e. The van der Waals surface area contributed by atoms with Crippen LogP contribution in [-0.4, -0.2) is 44.2 Å². The Morgan fingerprint density at radius 3 is 2.89 bits per heavy atom. The van der Waals surface area contributed by atoms with Gasteiger partial charge in [-0.3, -0.25) is 0 Å². The van der Waals surface area contributed by atoms with E-state index in [-0.39, 0.29) is 12.1 Å². The third kappa shape index (κ3) is 5.04. The zero-order valence-electron chi connectivity index (χ0n) is 15.8. The SMILES string of the molecule is CN(C)c1ncccc1CNC(=O)NC1CCCN(c2ccccc2Cl)C1. The van der Waals surface area contributed by atoms with Gasteiger partial charge in [0, 0.05) is 51.5 Å².